The molecule has 0 radical (unpaired) electrons. The first-order chi connectivity index (χ1) is 10.2. The van der Waals surface area contributed by atoms with Crippen molar-refractivity contribution < 1.29 is 18.3 Å². The quantitative estimate of drug-likeness (QED) is 0.629. The van der Waals surface area contributed by atoms with Crippen molar-refractivity contribution in [2.45, 2.75) is 19.3 Å². The number of aromatic nitrogens is 1. The van der Waals surface area contributed by atoms with Crippen molar-refractivity contribution in [1.82, 2.24) is 5.32 Å². The number of amides is 1. The second-order valence-corrected chi connectivity index (χ2v) is 4.88. The van der Waals surface area contributed by atoms with Gasteiger partial charge in [-0.15, -0.1) is 0 Å². The van der Waals surface area contributed by atoms with Gasteiger partial charge in [-0.25, -0.2) is 8.78 Å². The van der Waals surface area contributed by atoms with Gasteiger partial charge in [-0.2, -0.15) is 9.99 Å². The summed E-state index contributed by atoms with van der Waals surface area (Å²) >= 11 is 0. The monoisotopic (exact) mass is 306 g/mol. The lowest BCUT2D eigenvalue weighted by molar-refractivity contribution is -0.605. The van der Waals surface area contributed by atoms with Crippen LogP contribution in [0.25, 0.3) is 0 Å². The molecule has 0 atom stereocenters. The summed E-state index contributed by atoms with van der Waals surface area (Å²) in [7, 11) is 0. The molecule has 0 fully saturated rings. The van der Waals surface area contributed by atoms with Gasteiger partial charge in [0.15, 0.2) is 12.4 Å². The molecule has 1 aromatic heterocycles. The molecule has 0 spiro atoms. The molecule has 0 unspecified atom stereocenters. The van der Waals surface area contributed by atoms with E-state index >= 15 is 0 Å². The Morgan fingerprint density at radius 1 is 1.55 bits per heavy atom. The van der Waals surface area contributed by atoms with Gasteiger partial charge in [0.05, 0.1) is 12.1 Å². The third kappa shape index (κ3) is 3.03. The van der Waals surface area contributed by atoms with Crippen LogP contribution < -0.4 is 15.8 Å². The Kier molecular flexibility index (Phi) is 3.82. The molecule has 0 saturated carbocycles. The molecule has 1 aliphatic carbocycles. The molecule has 1 amide bonds. The van der Waals surface area contributed by atoms with E-state index in [0.29, 0.717) is 4.73 Å². The van der Waals surface area contributed by atoms with Gasteiger partial charge in [0, 0.05) is 5.70 Å². The zero-order chi connectivity index (χ0) is 16.5. The van der Waals surface area contributed by atoms with Crippen LogP contribution in [0.1, 0.15) is 29.3 Å². The fourth-order valence-corrected chi connectivity index (χ4v) is 1.95. The van der Waals surface area contributed by atoms with E-state index in [0.717, 1.165) is 18.5 Å². The summed E-state index contributed by atoms with van der Waals surface area (Å²) in [6.45, 7) is 1.25. The van der Waals surface area contributed by atoms with Gasteiger partial charge >= 0.3 is 0 Å². The average Bonchev–Trinajstić information content (AvgIpc) is 2.43. The summed E-state index contributed by atoms with van der Waals surface area (Å²) in [6, 6.07) is 2.91. The van der Waals surface area contributed by atoms with Crippen LogP contribution in [0.5, 0.6) is 0 Å². The van der Waals surface area contributed by atoms with Gasteiger partial charge in [0.1, 0.15) is 17.2 Å². The smallest absolute Gasteiger partial charge is 0.274 e. The first kappa shape index (κ1) is 15.4. The van der Waals surface area contributed by atoms with Crippen molar-refractivity contribution in [3.63, 3.8) is 0 Å². The van der Waals surface area contributed by atoms with Gasteiger partial charge in [0.25, 0.3) is 11.8 Å². The minimum absolute atomic E-state index is 0.0192. The molecule has 6 nitrogen and oxygen atoms in total. The van der Waals surface area contributed by atoms with Crippen LogP contribution in [0.3, 0.4) is 0 Å². The van der Waals surface area contributed by atoms with Crippen molar-refractivity contribution in [3.8, 4) is 6.07 Å². The number of rotatable bonds is 2. The maximum atomic E-state index is 13.7. The van der Waals surface area contributed by atoms with E-state index in [-0.39, 0.29) is 28.1 Å². The maximum Gasteiger partial charge on any atom is 0.274 e. The molecule has 0 bridgehead atoms. The van der Waals surface area contributed by atoms with Gasteiger partial charge in [-0.3, -0.25) is 4.79 Å². The highest BCUT2D eigenvalue weighted by Crippen LogP contribution is 2.34. The number of nitrogens with two attached hydrogens (primary N) is 1. The van der Waals surface area contributed by atoms with Crippen LogP contribution in [0.2, 0.25) is 0 Å². The Balaban J connectivity index is 2.28. The number of nitrogens with zero attached hydrogens (tertiary/aromatic N) is 2. The molecule has 0 aromatic carbocycles. The van der Waals surface area contributed by atoms with Crippen LogP contribution in [0, 0.1) is 16.5 Å². The summed E-state index contributed by atoms with van der Waals surface area (Å²) < 4.78 is 27.6. The zero-order valence-corrected chi connectivity index (χ0v) is 11.6. The molecule has 3 N–H and O–H groups in total. The second-order valence-electron chi connectivity index (χ2n) is 4.88. The third-order valence-corrected chi connectivity index (χ3v) is 3.20. The molecule has 1 heterocycles. The molecule has 1 aliphatic rings. The third-order valence-electron chi connectivity index (χ3n) is 3.20. The number of hydrogen-bond donors (Lipinski definition) is 2. The number of halogens is 2. The highest BCUT2D eigenvalue weighted by atomic mass is 19.3. The summed E-state index contributed by atoms with van der Waals surface area (Å²) in [5.74, 6) is -3.89. The Morgan fingerprint density at radius 2 is 2.23 bits per heavy atom. The van der Waals surface area contributed by atoms with Crippen LogP contribution in [-0.2, 0) is 0 Å². The van der Waals surface area contributed by atoms with Gasteiger partial charge in [0.2, 0.25) is 0 Å². The zero-order valence-electron chi connectivity index (χ0n) is 11.6. The number of nitrogens with one attached hydrogen (secondary N) is 1. The summed E-state index contributed by atoms with van der Waals surface area (Å²) in [4.78, 5) is 12.0. The van der Waals surface area contributed by atoms with E-state index in [2.05, 4.69) is 5.32 Å². The van der Waals surface area contributed by atoms with E-state index in [4.69, 9.17) is 11.0 Å². The SMILES string of the molecule is CC1=CC(N)=C(NC(=O)c2cc(C#N)c[n+]([O-])c2)CC1(F)F. The van der Waals surface area contributed by atoms with Gasteiger partial charge < -0.3 is 16.3 Å². The largest absolute Gasteiger partial charge is 0.619 e. The normalized spacial score (nSPS) is 16.7. The average molecular weight is 306 g/mol. The fraction of sp³-hybridized carbons (Fsp3) is 0.214. The molecule has 0 saturated heterocycles. The Hall–Kier alpha value is -2.95. The molecular formula is C14H12F2N4O2. The van der Waals surface area contributed by atoms with Gasteiger partial charge in [-0.05, 0) is 24.6 Å². The Bertz CT molecular complexity index is 748. The van der Waals surface area contributed by atoms with E-state index in [9.17, 15) is 18.8 Å². The number of allylic oxidation sites excluding steroid dienone is 3. The van der Waals surface area contributed by atoms with Crippen LogP contribution in [-0.4, -0.2) is 11.8 Å². The number of carbonyl (C=O) groups is 1. The highest BCUT2D eigenvalue weighted by Gasteiger charge is 2.36. The first-order valence-electron chi connectivity index (χ1n) is 6.23. The molecule has 2 rings (SSSR count). The fourth-order valence-electron chi connectivity index (χ4n) is 1.95. The number of carbonyl (C=O) groups excluding carboxylic acids is 1. The maximum absolute atomic E-state index is 13.7. The van der Waals surface area contributed by atoms with E-state index < -0.39 is 18.3 Å². The van der Waals surface area contributed by atoms with Gasteiger partial charge in [-0.1, -0.05) is 0 Å². The standard InChI is InChI=1S/C14H12F2N4O2/c1-8-2-11(18)12(4-14(8,15)16)19-13(21)10-3-9(5-17)6-20(22)7-10/h2-3,6-7H,4,18H2,1H3,(H,19,21). The topological polar surface area (TPSA) is 106 Å². The molecule has 8 heteroatoms. The van der Waals surface area contributed by atoms with Crippen molar-refractivity contribution in [1.29, 1.82) is 5.26 Å². The number of pyridine rings is 1. The molecule has 114 valence electrons. The minimum Gasteiger partial charge on any atom is -0.619 e. The Labute approximate surface area is 124 Å². The van der Waals surface area contributed by atoms with Crippen molar-refractivity contribution >= 4 is 5.91 Å². The van der Waals surface area contributed by atoms with Crippen LogP contribution >= 0.6 is 0 Å². The van der Waals surface area contributed by atoms with E-state index in [1.165, 1.54) is 13.0 Å². The predicted molar refractivity (Wildman–Crippen MR) is 72.1 cm³/mol. The lowest BCUT2D eigenvalue weighted by Crippen LogP contribution is -2.35. The van der Waals surface area contributed by atoms with Crippen LogP contribution in [0.15, 0.2) is 41.5 Å². The summed E-state index contributed by atoms with van der Waals surface area (Å²) in [5, 5.41) is 22.3. The molecule has 22 heavy (non-hydrogen) atoms. The summed E-state index contributed by atoms with van der Waals surface area (Å²) in [6.07, 6.45) is 2.29. The van der Waals surface area contributed by atoms with E-state index in [1.54, 1.807) is 6.07 Å². The molecule has 1 aromatic rings. The number of nitriles is 1. The minimum atomic E-state index is -3.10. The van der Waals surface area contributed by atoms with Crippen molar-refractivity contribution in [2.24, 2.45) is 5.73 Å². The first-order valence-corrected chi connectivity index (χ1v) is 6.23. The predicted octanol–water partition coefficient (Wildman–Crippen LogP) is 1.08. The molecule has 0 aliphatic heterocycles. The number of hydrogen-bond acceptors (Lipinski definition) is 4. The highest BCUT2D eigenvalue weighted by molar-refractivity contribution is 5.95. The van der Waals surface area contributed by atoms with E-state index in [1.807, 2.05) is 0 Å². The molecular weight excluding hydrogens is 294 g/mol. The summed E-state index contributed by atoms with van der Waals surface area (Å²) in [5.41, 5.74) is 5.22. The second kappa shape index (κ2) is 5.44. The van der Waals surface area contributed by atoms with Crippen molar-refractivity contribution in [2.75, 3.05) is 0 Å². The van der Waals surface area contributed by atoms with Crippen LogP contribution in [0.4, 0.5) is 8.78 Å². The lowest BCUT2D eigenvalue weighted by atomic mass is 9.97. The lowest BCUT2D eigenvalue weighted by Gasteiger charge is -2.25. The number of alkyl halides is 2. The Morgan fingerprint density at radius 3 is 2.86 bits per heavy atom. The van der Waals surface area contributed by atoms with Crippen molar-refractivity contribution in [3.05, 3.63) is 57.8 Å².